The maximum Gasteiger partial charge on any atom is 0.158 e. The first-order valence-electron chi connectivity index (χ1n) is 5.66. The summed E-state index contributed by atoms with van der Waals surface area (Å²) in [4.78, 5) is 4.16. The Hall–Kier alpha value is -1.95. The fraction of sp³-hybridized carbons (Fsp3) is 0.0769. The molecule has 3 aromatic rings. The minimum absolute atomic E-state index is 0.339. The number of nitrogens with zero attached hydrogens (tertiary/aromatic N) is 3. The molecule has 2 aromatic heterocycles. The van der Waals surface area contributed by atoms with Crippen LogP contribution in [0.5, 0.6) is 0 Å². The van der Waals surface area contributed by atoms with Crippen molar-refractivity contribution in [1.29, 1.82) is 0 Å². The molecule has 0 atom stereocenters. The topological polar surface area (TPSA) is 42.2 Å². The molecule has 1 aromatic carbocycles. The summed E-state index contributed by atoms with van der Waals surface area (Å²) in [5.74, 6) is 0.235. The average Bonchev–Trinajstić information content (AvgIpc) is 2.76. The summed E-state index contributed by atoms with van der Waals surface area (Å²) in [6.07, 6.45) is 1.44. The Morgan fingerprint density at radius 1 is 1.26 bits per heavy atom. The highest BCUT2D eigenvalue weighted by molar-refractivity contribution is 9.10. The van der Waals surface area contributed by atoms with Gasteiger partial charge in [0.1, 0.15) is 17.7 Å². The Morgan fingerprint density at radius 2 is 2.11 bits per heavy atom. The Balaban J connectivity index is 2.06. The van der Waals surface area contributed by atoms with Crippen LogP contribution in [0.25, 0.3) is 5.52 Å². The van der Waals surface area contributed by atoms with Crippen LogP contribution in [0.3, 0.4) is 0 Å². The van der Waals surface area contributed by atoms with Gasteiger partial charge < -0.3 is 5.32 Å². The second-order valence-electron chi connectivity index (χ2n) is 4.13. The molecular weight excluding hydrogens is 311 g/mol. The van der Waals surface area contributed by atoms with Gasteiger partial charge in [-0.3, -0.25) is 0 Å². The van der Waals surface area contributed by atoms with Crippen molar-refractivity contribution in [1.82, 2.24) is 14.6 Å². The van der Waals surface area contributed by atoms with Crippen LogP contribution >= 0.6 is 15.9 Å². The molecule has 0 amide bonds. The molecule has 0 aliphatic carbocycles. The highest BCUT2D eigenvalue weighted by Crippen LogP contribution is 2.24. The quantitative estimate of drug-likeness (QED) is 0.783. The standard InChI is InChI=1S/C13H10BrFN4/c1-8-2-5-12-13(16-7-17-19(8)12)18-11-4-3-9(14)6-10(11)15/h2-7H,1H3,(H,16,17,18). The fourth-order valence-electron chi connectivity index (χ4n) is 1.88. The summed E-state index contributed by atoms with van der Waals surface area (Å²) in [5, 5.41) is 7.13. The van der Waals surface area contributed by atoms with Crippen molar-refractivity contribution in [3.63, 3.8) is 0 Å². The third-order valence-corrected chi connectivity index (χ3v) is 3.32. The number of aryl methyl sites for hydroxylation is 1. The zero-order valence-electron chi connectivity index (χ0n) is 10.1. The number of fused-ring (bicyclic) bond motifs is 1. The van der Waals surface area contributed by atoms with Crippen LogP contribution in [0.2, 0.25) is 0 Å². The molecule has 19 heavy (non-hydrogen) atoms. The van der Waals surface area contributed by atoms with Crippen molar-refractivity contribution in [3.05, 3.63) is 52.6 Å². The number of halogens is 2. The lowest BCUT2D eigenvalue weighted by molar-refractivity contribution is 0.631. The van der Waals surface area contributed by atoms with Crippen LogP contribution in [0, 0.1) is 12.7 Å². The van der Waals surface area contributed by atoms with Crippen molar-refractivity contribution in [2.24, 2.45) is 0 Å². The first kappa shape index (κ1) is 12.1. The van der Waals surface area contributed by atoms with E-state index in [0.717, 1.165) is 11.2 Å². The van der Waals surface area contributed by atoms with Crippen molar-refractivity contribution in [2.45, 2.75) is 6.92 Å². The van der Waals surface area contributed by atoms with E-state index in [1.54, 1.807) is 16.6 Å². The predicted octanol–water partition coefficient (Wildman–Crippen LogP) is 3.68. The summed E-state index contributed by atoms with van der Waals surface area (Å²) >= 11 is 3.23. The molecule has 0 saturated carbocycles. The predicted molar refractivity (Wildman–Crippen MR) is 75.1 cm³/mol. The molecule has 0 bridgehead atoms. The van der Waals surface area contributed by atoms with Gasteiger partial charge in [-0.2, -0.15) is 5.10 Å². The number of hydrogen-bond acceptors (Lipinski definition) is 3. The van der Waals surface area contributed by atoms with Crippen LogP contribution < -0.4 is 5.32 Å². The molecule has 0 fully saturated rings. The van der Waals surface area contributed by atoms with Crippen LogP contribution in [-0.4, -0.2) is 14.6 Å². The maximum absolute atomic E-state index is 13.8. The zero-order valence-corrected chi connectivity index (χ0v) is 11.6. The molecule has 96 valence electrons. The van der Waals surface area contributed by atoms with Gasteiger partial charge in [0.25, 0.3) is 0 Å². The van der Waals surface area contributed by atoms with E-state index in [4.69, 9.17) is 0 Å². The number of hydrogen-bond donors (Lipinski definition) is 1. The number of aromatic nitrogens is 3. The first-order valence-corrected chi connectivity index (χ1v) is 6.46. The third kappa shape index (κ3) is 2.19. The summed E-state index contributed by atoms with van der Waals surface area (Å²) in [7, 11) is 0. The van der Waals surface area contributed by atoms with E-state index in [1.165, 1.54) is 12.4 Å². The van der Waals surface area contributed by atoms with Crippen LogP contribution in [0.4, 0.5) is 15.9 Å². The van der Waals surface area contributed by atoms with Gasteiger partial charge in [-0.15, -0.1) is 0 Å². The van der Waals surface area contributed by atoms with Gasteiger partial charge in [-0.25, -0.2) is 13.9 Å². The van der Waals surface area contributed by atoms with Gasteiger partial charge in [0.05, 0.1) is 5.69 Å². The smallest absolute Gasteiger partial charge is 0.158 e. The van der Waals surface area contributed by atoms with E-state index in [2.05, 4.69) is 31.3 Å². The summed E-state index contributed by atoms with van der Waals surface area (Å²) in [6, 6.07) is 8.67. The number of benzene rings is 1. The Labute approximate surface area is 117 Å². The lowest BCUT2D eigenvalue weighted by atomic mass is 10.3. The third-order valence-electron chi connectivity index (χ3n) is 2.83. The normalized spacial score (nSPS) is 10.9. The van der Waals surface area contributed by atoms with Gasteiger partial charge in [0.2, 0.25) is 0 Å². The van der Waals surface area contributed by atoms with E-state index in [9.17, 15) is 4.39 Å². The van der Waals surface area contributed by atoms with E-state index >= 15 is 0 Å². The summed E-state index contributed by atoms with van der Waals surface area (Å²) < 4.78 is 16.3. The van der Waals surface area contributed by atoms with Crippen LogP contribution in [0.15, 0.2) is 41.1 Å². The van der Waals surface area contributed by atoms with Crippen LogP contribution in [-0.2, 0) is 0 Å². The van der Waals surface area contributed by atoms with E-state index in [-0.39, 0.29) is 5.82 Å². The second kappa shape index (κ2) is 4.62. The molecule has 2 heterocycles. The monoisotopic (exact) mass is 320 g/mol. The highest BCUT2D eigenvalue weighted by Gasteiger charge is 2.08. The first-order chi connectivity index (χ1) is 9.15. The molecule has 0 aliphatic heterocycles. The Morgan fingerprint density at radius 3 is 2.89 bits per heavy atom. The molecule has 1 N–H and O–H groups in total. The molecule has 0 radical (unpaired) electrons. The van der Waals surface area contributed by atoms with Gasteiger partial charge in [0.15, 0.2) is 5.82 Å². The molecule has 6 heteroatoms. The van der Waals surface area contributed by atoms with E-state index in [1.807, 2.05) is 19.1 Å². The van der Waals surface area contributed by atoms with Crippen molar-refractivity contribution in [3.8, 4) is 0 Å². The van der Waals surface area contributed by atoms with Gasteiger partial charge >= 0.3 is 0 Å². The number of rotatable bonds is 2. The fourth-order valence-corrected chi connectivity index (χ4v) is 2.21. The molecule has 0 unspecified atom stereocenters. The SMILES string of the molecule is Cc1ccc2c(Nc3ccc(Br)cc3F)ncnn12. The van der Waals surface area contributed by atoms with Crippen LogP contribution in [0.1, 0.15) is 5.69 Å². The number of nitrogens with one attached hydrogen (secondary N) is 1. The maximum atomic E-state index is 13.8. The Kier molecular flexibility index (Phi) is 2.94. The summed E-state index contributed by atoms with van der Waals surface area (Å²) in [6.45, 7) is 1.95. The zero-order chi connectivity index (χ0) is 13.4. The molecule has 4 nitrogen and oxygen atoms in total. The van der Waals surface area contributed by atoms with Gasteiger partial charge in [-0.05, 0) is 37.3 Å². The van der Waals surface area contributed by atoms with Gasteiger partial charge in [-0.1, -0.05) is 15.9 Å². The van der Waals surface area contributed by atoms with E-state index in [0.29, 0.717) is 16.0 Å². The lowest BCUT2D eigenvalue weighted by Crippen LogP contribution is -2.02. The van der Waals surface area contributed by atoms with Gasteiger partial charge in [0, 0.05) is 10.2 Å². The van der Waals surface area contributed by atoms with Crippen molar-refractivity contribution >= 4 is 33.0 Å². The van der Waals surface area contributed by atoms with E-state index < -0.39 is 0 Å². The second-order valence-corrected chi connectivity index (χ2v) is 5.05. The largest absolute Gasteiger partial charge is 0.336 e. The van der Waals surface area contributed by atoms with Crippen molar-refractivity contribution < 1.29 is 4.39 Å². The lowest BCUT2D eigenvalue weighted by Gasteiger charge is -2.08. The molecule has 0 aliphatic rings. The molecule has 3 rings (SSSR count). The minimum atomic E-state index is -0.339. The average molecular weight is 321 g/mol. The molecular formula is C13H10BrFN4. The minimum Gasteiger partial charge on any atom is -0.336 e. The number of anilines is 2. The molecule has 0 spiro atoms. The highest BCUT2D eigenvalue weighted by atomic mass is 79.9. The molecule has 0 saturated heterocycles. The summed E-state index contributed by atoms with van der Waals surface area (Å²) in [5.41, 5.74) is 2.18. The van der Waals surface area contributed by atoms with Crippen molar-refractivity contribution in [2.75, 3.05) is 5.32 Å². The Bertz CT molecular complexity index is 753.